The number of hydrogen-bond donors (Lipinski definition) is 3. The van der Waals surface area contributed by atoms with Gasteiger partial charge in [0, 0.05) is 0 Å². The van der Waals surface area contributed by atoms with Gasteiger partial charge in [-0.05, 0) is 0 Å². The molecule has 0 aromatic heterocycles. The number of carboxylic acid groups (broad SMARTS) is 2. The van der Waals surface area contributed by atoms with Crippen molar-refractivity contribution in [2.24, 2.45) is 0 Å². The predicted octanol–water partition coefficient (Wildman–Crippen LogP) is -4.59. The Hall–Kier alpha value is 0.1000. The summed E-state index contributed by atoms with van der Waals surface area (Å²) in [7, 11) is -4.92. The third-order valence-electron chi connectivity index (χ3n) is 0. The second kappa shape index (κ2) is 10.1. The van der Waals surface area contributed by atoms with Gasteiger partial charge in [-0.3, -0.25) is 4.55 Å². The van der Waals surface area contributed by atoms with Gasteiger partial charge < -0.3 is 20.2 Å². The average Bonchev–Trinajstić information content (AvgIpc) is 1.19. The summed E-state index contributed by atoms with van der Waals surface area (Å²) in [5, 5.41) is 13.9. The second-order valence-electron chi connectivity index (χ2n) is 0.710. The van der Waals surface area contributed by atoms with E-state index in [0.29, 0.717) is 0 Å². The van der Waals surface area contributed by atoms with Crippen LogP contribution in [0.2, 0.25) is 0 Å². The fourth-order valence-electron chi connectivity index (χ4n) is 0. The molecule has 0 aliphatic carbocycles. The first-order valence-corrected chi connectivity index (χ1v) is 2.70. The Bertz CT molecular complexity index is 157. The van der Waals surface area contributed by atoms with Gasteiger partial charge in [0.25, 0.3) is 0 Å². The molecular weight excluding hydrogens is 195 g/mol. The summed E-state index contributed by atoms with van der Waals surface area (Å²) in [6.07, 6.45) is -1.83. The first-order chi connectivity index (χ1) is 3.73. The van der Waals surface area contributed by atoms with Crippen LogP contribution in [0.25, 0.3) is 0 Å². The van der Waals surface area contributed by atoms with Crippen molar-refractivity contribution in [3.05, 3.63) is 0 Å². The molecule has 0 radical (unpaired) electrons. The van der Waals surface area contributed by atoms with Crippen molar-refractivity contribution in [3.8, 4) is 0 Å². The molecule has 0 aliphatic heterocycles. The Labute approximate surface area is 84.0 Å². The molecule has 0 aliphatic rings. The van der Waals surface area contributed by atoms with E-state index in [9.17, 15) is 0 Å². The molecule has 0 unspecified atom stereocenters. The first kappa shape index (κ1) is 22.5. The number of hydrogen-bond acceptors (Lipinski definition) is 4. The molecule has 0 aromatic carbocycles. The molecule has 0 amide bonds. The van der Waals surface area contributed by atoms with Gasteiger partial charge in [-0.15, -0.1) is 0 Å². The molecule has 0 atom stereocenters. The van der Waals surface area contributed by atoms with Crippen molar-refractivity contribution in [2.45, 2.75) is 0 Å². The average molecular weight is 200 g/mol. The van der Waals surface area contributed by atoms with Crippen molar-refractivity contribution in [3.63, 3.8) is 0 Å². The summed E-state index contributed by atoms with van der Waals surface area (Å²) in [5.74, 6) is 0. The molecule has 0 fully saturated rings. The fourth-order valence-corrected chi connectivity index (χ4v) is 0. The van der Waals surface area contributed by atoms with Gasteiger partial charge in [0.1, 0.15) is 0 Å². The standard InChI is InChI=1S/CH2O3.Na.H2O4S.H2O/c2-1(3)4;;1-5(2,3)4;/h(H2,2,3,4);;(H2,1,2,3,4);1H2/q;+1;;/p-1. The molecule has 64 valence electrons. The van der Waals surface area contributed by atoms with Crippen LogP contribution >= 0.6 is 0 Å². The van der Waals surface area contributed by atoms with E-state index in [1.165, 1.54) is 0 Å². The van der Waals surface area contributed by atoms with Crippen LogP contribution in [0.3, 0.4) is 0 Å². The van der Waals surface area contributed by atoms with Crippen LogP contribution in [-0.2, 0) is 10.4 Å². The summed E-state index contributed by atoms with van der Waals surface area (Å²) in [6.45, 7) is 0. The minimum absolute atomic E-state index is 0. The molecule has 8 nitrogen and oxygen atoms in total. The van der Waals surface area contributed by atoms with E-state index in [1.807, 2.05) is 0 Å². The Kier molecular flexibility index (Phi) is 20.6. The maximum absolute atomic E-state index is 8.63. The van der Waals surface area contributed by atoms with Crippen molar-refractivity contribution >= 4 is 16.6 Å². The predicted molar refractivity (Wildman–Crippen MR) is 26.6 cm³/mol. The monoisotopic (exact) mass is 200 g/mol. The molecule has 0 spiro atoms. The molecule has 0 saturated heterocycles. The maximum Gasteiger partial charge on any atom is 1.00 e. The molecule has 5 N–H and O–H groups in total. The topological polar surface area (TPSA) is 166 Å². The largest absolute Gasteiger partial charge is 1.00 e. The normalized spacial score (nSPS) is 7.45. The van der Waals surface area contributed by atoms with Gasteiger partial charge >= 0.3 is 35.7 Å². The van der Waals surface area contributed by atoms with Gasteiger partial charge in [0.2, 0.25) is 10.4 Å². The van der Waals surface area contributed by atoms with E-state index >= 15 is 0 Å². The maximum atomic E-state index is 8.63. The van der Waals surface area contributed by atoms with Gasteiger partial charge in [-0.1, -0.05) is 0 Å². The quantitative estimate of drug-likeness (QED) is 0.201. The smallest absolute Gasteiger partial charge is 0.726 e. The minimum atomic E-state index is -4.92. The van der Waals surface area contributed by atoms with Crippen LogP contribution in [0.1, 0.15) is 0 Å². The first-order valence-electron chi connectivity index (χ1n) is 1.33. The molecule has 0 aromatic rings. The summed E-state index contributed by atoms with van der Waals surface area (Å²) >= 11 is 0. The van der Waals surface area contributed by atoms with Gasteiger partial charge in [-0.2, -0.15) is 0 Å². The zero-order chi connectivity index (χ0) is 8.08. The van der Waals surface area contributed by atoms with E-state index in [-0.39, 0.29) is 35.0 Å². The van der Waals surface area contributed by atoms with Crippen LogP contribution in [0.4, 0.5) is 4.79 Å². The van der Waals surface area contributed by atoms with Crippen LogP contribution in [-0.4, -0.2) is 39.4 Å². The van der Waals surface area contributed by atoms with Gasteiger partial charge in [0.05, 0.1) is 0 Å². The van der Waals surface area contributed by atoms with Crippen molar-refractivity contribution in [1.82, 2.24) is 0 Å². The third-order valence-corrected chi connectivity index (χ3v) is 0. The molecule has 10 heteroatoms. The third kappa shape index (κ3) is 66300. The van der Waals surface area contributed by atoms with Crippen LogP contribution < -0.4 is 29.6 Å². The summed E-state index contributed by atoms with van der Waals surface area (Å²) < 4.78 is 32.8. The molecule has 0 bridgehead atoms. The number of carbonyl (C=O) groups is 1. The SMILES string of the molecule is O.O=C(O)O.O=S(=O)([O-])O.[Na+]. The molecule has 11 heavy (non-hydrogen) atoms. The molecular formula is CH5NaO8S. The zero-order valence-corrected chi connectivity index (χ0v) is 8.20. The molecule has 0 rings (SSSR count). The fraction of sp³-hybridized carbons (Fsp3) is 0. The van der Waals surface area contributed by atoms with E-state index < -0.39 is 16.6 Å². The number of rotatable bonds is 0. The van der Waals surface area contributed by atoms with Crippen LogP contribution in [0.15, 0.2) is 0 Å². The molecule has 0 saturated carbocycles. The Morgan fingerprint density at radius 3 is 1.27 bits per heavy atom. The Morgan fingerprint density at radius 2 is 1.27 bits per heavy atom. The van der Waals surface area contributed by atoms with Crippen LogP contribution in [0, 0.1) is 0 Å². The van der Waals surface area contributed by atoms with Gasteiger partial charge in [0.15, 0.2) is 0 Å². The van der Waals surface area contributed by atoms with Gasteiger partial charge in [-0.25, -0.2) is 13.2 Å². The summed E-state index contributed by atoms with van der Waals surface area (Å²) in [4.78, 5) is 8.56. The van der Waals surface area contributed by atoms with Crippen molar-refractivity contribution < 1.29 is 67.6 Å². The second-order valence-corrected chi connectivity index (χ2v) is 1.57. The van der Waals surface area contributed by atoms with E-state index in [4.69, 9.17) is 32.5 Å². The van der Waals surface area contributed by atoms with E-state index in [2.05, 4.69) is 0 Å². The molecule has 0 heterocycles. The van der Waals surface area contributed by atoms with Crippen molar-refractivity contribution in [2.75, 3.05) is 0 Å². The van der Waals surface area contributed by atoms with E-state index in [0.717, 1.165) is 0 Å². The Balaban J connectivity index is -0.0000000383. The zero-order valence-electron chi connectivity index (χ0n) is 5.38. The van der Waals surface area contributed by atoms with Crippen molar-refractivity contribution in [1.29, 1.82) is 0 Å². The summed E-state index contributed by atoms with van der Waals surface area (Å²) in [5.41, 5.74) is 0. The Morgan fingerprint density at radius 1 is 1.27 bits per heavy atom. The minimum Gasteiger partial charge on any atom is -0.726 e. The van der Waals surface area contributed by atoms with E-state index in [1.54, 1.807) is 0 Å². The van der Waals surface area contributed by atoms with Crippen LogP contribution in [0.5, 0.6) is 0 Å². The summed E-state index contributed by atoms with van der Waals surface area (Å²) in [6, 6.07) is 0.